The first-order chi connectivity index (χ1) is 16.5. The Balaban J connectivity index is 1.74. The number of fused-ring (bicyclic) bond motifs is 1. The third kappa shape index (κ3) is 4.59. The van der Waals surface area contributed by atoms with E-state index >= 15 is 0 Å². The van der Waals surface area contributed by atoms with Crippen molar-refractivity contribution < 1.29 is 17.9 Å². The highest BCUT2D eigenvalue weighted by Crippen LogP contribution is 2.35. The van der Waals surface area contributed by atoms with Gasteiger partial charge in [-0.15, -0.1) is 0 Å². The Morgan fingerprint density at radius 2 is 2.06 bits per heavy atom. The van der Waals surface area contributed by atoms with Crippen LogP contribution in [0.15, 0.2) is 52.1 Å². The topological polar surface area (TPSA) is 122 Å². The Labute approximate surface area is 204 Å². The Hall–Kier alpha value is -3.84. The smallest absolute Gasteiger partial charge is 0.417 e. The molecular formula is C20H15Cl2F3N8O2. The zero-order chi connectivity index (χ0) is 25.5. The van der Waals surface area contributed by atoms with Gasteiger partial charge in [-0.05, 0) is 6.07 Å². The summed E-state index contributed by atoms with van der Waals surface area (Å²) < 4.78 is 47.6. The average Bonchev–Trinajstić information content (AvgIpc) is 3.12. The second-order valence-corrected chi connectivity index (χ2v) is 7.89. The first-order valence-corrected chi connectivity index (χ1v) is 10.4. The molecule has 1 aliphatic heterocycles. The molecule has 10 nitrogen and oxygen atoms in total. The molecule has 0 atom stereocenters. The zero-order valence-corrected chi connectivity index (χ0v) is 19.4. The molecule has 4 heterocycles. The van der Waals surface area contributed by atoms with Crippen LogP contribution in [0.5, 0.6) is 5.75 Å². The van der Waals surface area contributed by atoms with Gasteiger partial charge in [0.05, 0.1) is 18.0 Å². The second-order valence-electron chi connectivity index (χ2n) is 7.15. The zero-order valence-electron chi connectivity index (χ0n) is 17.9. The van der Waals surface area contributed by atoms with Gasteiger partial charge in [-0.25, -0.2) is 9.98 Å². The van der Waals surface area contributed by atoms with Crippen LogP contribution in [0.3, 0.4) is 0 Å². The van der Waals surface area contributed by atoms with Gasteiger partial charge in [0.15, 0.2) is 22.3 Å². The Morgan fingerprint density at radius 3 is 2.71 bits per heavy atom. The Bertz CT molecular complexity index is 1500. The normalized spacial score (nSPS) is 15.0. The van der Waals surface area contributed by atoms with Crippen molar-refractivity contribution in [3.05, 3.63) is 63.3 Å². The van der Waals surface area contributed by atoms with Gasteiger partial charge in [-0.2, -0.15) is 18.2 Å². The maximum atomic E-state index is 13.2. The Morgan fingerprint density at radius 1 is 1.31 bits per heavy atom. The standard InChI is InChI=1S/C20H15Cl2F3N8O2/c1-32-8-9(20(23,24)25)5-10(18(32)34)30-19-31-17-15(33(19)2)13(21)12(7-29-17)35-11(6-26)14-16(22)28-4-3-27-14/h3-8,26-27H,1-2H3,(H,29,30,31)/b14-11+,26-6?. The SMILES string of the molecule is Cn1cc(C(F)(F)F)cc(Nc2nc3ncc(O/C(C=N)=C4/NC=CN=C4Cl)c(Cl)c3n2C)c1=O. The summed E-state index contributed by atoms with van der Waals surface area (Å²) in [5.74, 6) is 0.0671. The van der Waals surface area contributed by atoms with E-state index < -0.39 is 17.3 Å². The molecular weight excluding hydrogens is 512 g/mol. The lowest BCUT2D eigenvalue weighted by Crippen LogP contribution is -2.23. The van der Waals surface area contributed by atoms with E-state index in [9.17, 15) is 18.0 Å². The number of nitrogens with one attached hydrogen (secondary N) is 3. The molecule has 0 saturated carbocycles. The predicted molar refractivity (Wildman–Crippen MR) is 125 cm³/mol. The summed E-state index contributed by atoms with van der Waals surface area (Å²) in [5, 5.41) is 13.2. The number of ether oxygens (including phenoxy) is 1. The number of aromatic nitrogens is 4. The van der Waals surface area contributed by atoms with Crippen molar-refractivity contribution in [2.24, 2.45) is 19.1 Å². The number of halogens is 5. The fraction of sp³-hybridized carbons (Fsp3) is 0.150. The maximum absolute atomic E-state index is 13.2. The monoisotopic (exact) mass is 526 g/mol. The molecule has 0 radical (unpaired) electrons. The van der Waals surface area contributed by atoms with E-state index in [-0.39, 0.29) is 50.2 Å². The van der Waals surface area contributed by atoms with Crippen molar-refractivity contribution in [1.82, 2.24) is 24.4 Å². The third-order valence-corrected chi connectivity index (χ3v) is 5.51. The third-order valence-electron chi connectivity index (χ3n) is 4.86. The summed E-state index contributed by atoms with van der Waals surface area (Å²) in [7, 11) is 2.74. The first kappa shape index (κ1) is 24.3. The molecule has 0 aliphatic carbocycles. The number of aryl methyl sites for hydroxylation is 2. The molecule has 0 amide bonds. The van der Waals surface area contributed by atoms with Crippen LogP contribution in [0.25, 0.3) is 11.2 Å². The Kier molecular flexibility index (Phi) is 6.30. The molecule has 0 saturated heterocycles. The molecule has 0 bridgehead atoms. The van der Waals surface area contributed by atoms with Crippen LogP contribution in [-0.2, 0) is 20.3 Å². The number of alkyl halides is 3. The number of imidazole rings is 1. The highest BCUT2D eigenvalue weighted by Gasteiger charge is 2.32. The van der Waals surface area contributed by atoms with Gasteiger partial charge < -0.3 is 29.9 Å². The summed E-state index contributed by atoms with van der Waals surface area (Å²) >= 11 is 12.6. The van der Waals surface area contributed by atoms with E-state index in [1.54, 1.807) is 0 Å². The minimum absolute atomic E-state index is 0.000806. The average molecular weight is 527 g/mol. The van der Waals surface area contributed by atoms with Crippen LogP contribution in [0.2, 0.25) is 5.02 Å². The second kappa shape index (κ2) is 9.07. The van der Waals surface area contributed by atoms with Crippen LogP contribution in [0.1, 0.15) is 5.56 Å². The predicted octanol–water partition coefficient (Wildman–Crippen LogP) is 4.03. The number of hydrogen-bond donors (Lipinski definition) is 3. The van der Waals surface area contributed by atoms with Gasteiger partial charge in [0.25, 0.3) is 5.56 Å². The van der Waals surface area contributed by atoms with Crippen LogP contribution in [-0.4, -0.2) is 30.5 Å². The lowest BCUT2D eigenvalue weighted by atomic mass is 10.2. The van der Waals surface area contributed by atoms with Crippen LogP contribution in [0.4, 0.5) is 24.8 Å². The van der Waals surface area contributed by atoms with Gasteiger partial charge >= 0.3 is 6.18 Å². The molecule has 15 heteroatoms. The molecule has 0 fully saturated rings. The molecule has 0 spiro atoms. The minimum Gasteiger partial charge on any atom is -0.450 e. The van der Waals surface area contributed by atoms with Crippen molar-refractivity contribution >= 4 is 57.4 Å². The van der Waals surface area contributed by atoms with Crippen molar-refractivity contribution in [2.45, 2.75) is 6.18 Å². The summed E-state index contributed by atoms with van der Waals surface area (Å²) in [6.45, 7) is 0. The molecule has 4 rings (SSSR count). The van der Waals surface area contributed by atoms with E-state index in [4.69, 9.17) is 33.3 Å². The summed E-state index contributed by atoms with van der Waals surface area (Å²) in [6, 6.07) is 0.699. The molecule has 182 valence electrons. The number of rotatable bonds is 5. The number of hydrogen-bond acceptors (Lipinski definition) is 8. The van der Waals surface area contributed by atoms with Crippen molar-refractivity contribution in [3.63, 3.8) is 0 Å². The lowest BCUT2D eigenvalue weighted by Gasteiger charge is -2.14. The summed E-state index contributed by atoms with van der Waals surface area (Å²) in [6.07, 6.45) is 1.14. The van der Waals surface area contributed by atoms with E-state index in [2.05, 4.69) is 25.6 Å². The van der Waals surface area contributed by atoms with Gasteiger partial charge in [-0.1, -0.05) is 23.2 Å². The van der Waals surface area contributed by atoms with Crippen molar-refractivity contribution in [3.8, 4) is 5.75 Å². The van der Waals surface area contributed by atoms with Crippen LogP contribution in [0, 0.1) is 5.41 Å². The number of anilines is 2. The molecule has 3 aromatic heterocycles. The van der Waals surface area contributed by atoms with Gasteiger partial charge in [0, 0.05) is 32.7 Å². The number of allylic oxidation sites excluding steroid dienone is 2. The van der Waals surface area contributed by atoms with E-state index in [1.807, 2.05) is 0 Å². The molecule has 1 aliphatic rings. The molecule has 35 heavy (non-hydrogen) atoms. The highest BCUT2D eigenvalue weighted by atomic mass is 35.5. The van der Waals surface area contributed by atoms with Crippen molar-refractivity contribution in [2.75, 3.05) is 5.32 Å². The maximum Gasteiger partial charge on any atom is 0.417 e. The fourth-order valence-corrected chi connectivity index (χ4v) is 3.67. The van der Waals surface area contributed by atoms with Gasteiger partial charge in [0.1, 0.15) is 21.9 Å². The van der Waals surface area contributed by atoms with Gasteiger partial charge in [-0.3, -0.25) is 4.79 Å². The van der Waals surface area contributed by atoms with E-state index in [1.165, 1.54) is 37.3 Å². The highest BCUT2D eigenvalue weighted by molar-refractivity contribution is 6.69. The lowest BCUT2D eigenvalue weighted by molar-refractivity contribution is -0.138. The largest absolute Gasteiger partial charge is 0.450 e. The minimum atomic E-state index is -4.65. The van der Waals surface area contributed by atoms with Crippen molar-refractivity contribution in [1.29, 1.82) is 5.41 Å². The van der Waals surface area contributed by atoms with E-state index in [0.717, 1.165) is 10.8 Å². The number of aliphatic imine (C=N–C) groups is 1. The molecule has 0 unspecified atom stereocenters. The molecule has 3 N–H and O–H groups in total. The summed E-state index contributed by atoms with van der Waals surface area (Å²) in [4.78, 5) is 24.7. The quantitative estimate of drug-likeness (QED) is 0.340. The fourth-order valence-electron chi connectivity index (χ4n) is 3.16. The van der Waals surface area contributed by atoms with E-state index in [0.29, 0.717) is 12.3 Å². The van der Waals surface area contributed by atoms with Crippen LogP contribution < -0.4 is 20.9 Å². The summed E-state index contributed by atoms with van der Waals surface area (Å²) in [5.41, 5.74) is -1.40. The number of nitrogens with zero attached hydrogens (tertiary/aromatic N) is 5. The molecule has 3 aromatic rings. The van der Waals surface area contributed by atoms with Gasteiger partial charge in [0.2, 0.25) is 5.95 Å². The molecule has 0 aromatic carbocycles. The van der Waals surface area contributed by atoms with Crippen LogP contribution >= 0.6 is 23.2 Å². The number of pyridine rings is 2. The first-order valence-electron chi connectivity index (χ1n) is 9.65.